The van der Waals surface area contributed by atoms with Crippen molar-refractivity contribution in [2.24, 2.45) is 5.14 Å². The molecule has 2 rings (SSSR count). The van der Waals surface area contributed by atoms with Gasteiger partial charge in [0.1, 0.15) is 11.5 Å². The number of sulfonamides is 2. The van der Waals surface area contributed by atoms with Crippen molar-refractivity contribution in [2.75, 3.05) is 18.9 Å². The highest BCUT2D eigenvalue weighted by Crippen LogP contribution is 2.36. The maximum absolute atomic E-state index is 12.5. The number of hydrogen-bond donors (Lipinski definition) is 2. The van der Waals surface area contributed by atoms with E-state index in [2.05, 4.69) is 4.72 Å². The quantitative estimate of drug-likeness (QED) is 0.753. The summed E-state index contributed by atoms with van der Waals surface area (Å²) in [5.74, 6) is 0.518. The SMILES string of the molecule is COc1cc(OC)c(NS(=O)(=O)c2ccc(S(N)(=O)=O)cc2)cc1Cl. The van der Waals surface area contributed by atoms with E-state index in [1.54, 1.807) is 0 Å². The molecule has 2 aromatic rings. The lowest BCUT2D eigenvalue weighted by Gasteiger charge is -2.14. The summed E-state index contributed by atoms with van der Waals surface area (Å²) >= 11 is 6.01. The Bertz CT molecular complexity index is 989. The van der Waals surface area contributed by atoms with Gasteiger partial charge in [0, 0.05) is 6.07 Å². The number of rotatable bonds is 6. The minimum absolute atomic E-state index is 0.101. The fourth-order valence-corrected chi connectivity index (χ4v) is 3.77. The number of anilines is 1. The van der Waals surface area contributed by atoms with Crippen molar-refractivity contribution < 1.29 is 26.3 Å². The molecule has 11 heteroatoms. The zero-order chi connectivity index (χ0) is 18.8. The molecule has 0 aliphatic rings. The maximum atomic E-state index is 12.5. The van der Waals surface area contributed by atoms with Crippen LogP contribution >= 0.6 is 11.6 Å². The third-order valence-corrected chi connectivity index (χ3v) is 5.79. The molecule has 0 unspecified atom stereocenters. The first kappa shape index (κ1) is 19.3. The Morgan fingerprint density at radius 3 is 1.92 bits per heavy atom. The van der Waals surface area contributed by atoms with Crippen LogP contribution in [0.3, 0.4) is 0 Å². The summed E-state index contributed by atoms with van der Waals surface area (Å²) in [6, 6.07) is 7.23. The normalized spacial score (nSPS) is 11.8. The van der Waals surface area contributed by atoms with Gasteiger partial charge in [0.15, 0.2) is 0 Å². The van der Waals surface area contributed by atoms with Gasteiger partial charge in [0.2, 0.25) is 10.0 Å². The van der Waals surface area contributed by atoms with Gasteiger partial charge in [0.25, 0.3) is 10.0 Å². The summed E-state index contributed by atoms with van der Waals surface area (Å²) in [5, 5.41) is 5.17. The molecule has 136 valence electrons. The van der Waals surface area contributed by atoms with Gasteiger partial charge in [-0.2, -0.15) is 0 Å². The van der Waals surface area contributed by atoms with Crippen molar-refractivity contribution in [2.45, 2.75) is 9.79 Å². The predicted octanol–water partition coefficient (Wildman–Crippen LogP) is 1.81. The van der Waals surface area contributed by atoms with E-state index < -0.39 is 20.0 Å². The van der Waals surface area contributed by atoms with E-state index in [1.165, 1.54) is 26.4 Å². The zero-order valence-electron chi connectivity index (χ0n) is 13.2. The molecule has 0 heterocycles. The van der Waals surface area contributed by atoms with Crippen LogP contribution in [0.1, 0.15) is 0 Å². The minimum Gasteiger partial charge on any atom is -0.495 e. The molecule has 0 aromatic heterocycles. The predicted molar refractivity (Wildman–Crippen MR) is 93.2 cm³/mol. The molecule has 0 spiro atoms. The van der Waals surface area contributed by atoms with E-state index in [9.17, 15) is 16.8 Å². The molecule has 0 saturated heterocycles. The zero-order valence-corrected chi connectivity index (χ0v) is 15.6. The second-order valence-electron chi connectivity index (χ2n) is 4.81. The Morgan fingerprint density at radius 1 is 0.920 bits per heavy atom. The summed E-state index contributed by atoms with van der Waals surface area (Å²) in [6.45, 7) is 0. The number of nitrogens with two attached hydrogens (primary N) is 1. The van der Waals surface area contributed by atoms with Crippen LogP contribution < -0.4 is 19.3 Å². The van der Waals surface area contributed by atoms with Crippen LogP contribution in [-0.2, 0) is 20.0 Å². The Hall–Kier alpha value is -2.01. The van der Waals surface area contributed by atoms with Crippen molar-refractivity contribution in [3.63, 3.8) is 0 Å². The highest BCUT2D eigenvalue weighted by molar-refractivity contribution is 7.92. The Morgan fingerprint density at radius 2 is 1.44 bits per heavy atom. The Kier molecular flexibility index (Phi) is 5.47. The van der Waals surface area contributed by atoms with Crippen LogP contribution in [0, 0.1) is 0 Å². The molecule has 0 atom stereocenters. The van der Waals surface area contributed by atoms with Crippen LogP contribution in [-0.4, -0.2) is 31.1 Å². The smallest absolute Gasteiger partial charge is 0.262 e. The van der Waals surface area contributed by atoms with Crippen molar-refractivity contribution in [3.05, 3.63) is 41.4 Å². The molecule has 0 bridgehead atoms. The average molecular weight is 407 g/mol. The molecule has 0 aliphatic heterocycles. The monoisotopic (exact) mass is 406 g/mol. The van der Waals surface area contributed by atoms with Crippen molar-refractivity contribution in [1.29, 1.82) is 0 Å². The first-order valence-corrected chi connectivity index (χ1v) is 10.1. The number of benzene rings is 2. The second-order valence-corrected chi connectivity index (χ2v) is 8.46. The number of ether oxygens (including phenoxy) is 2. The third-order valence-electron chi connectivity index (χ3n) is 3.18. The molecule has 3 N–H and O–H groups in total. The van der Waals surface area contributed by atoms with Crippen LogP contribution in [0.4, 0.5) is 5.69 Å². The number of halogens is 1. The first-order chi connectivity index (χ1) is 11.6. The van der Waals surface area contributed by atoms with Gasteiger partial charge in [-0.25, -0.2) is 22.0 Å². The van der Waals surface area contributed by atoms with Crippen LogP contribution in [0.5, 0.6) is 11.5 Å². The van der Waals surface area contributed by atoms with Crippen LogP contribution in [0.2, 0.25) is 5.02 Å². The average Bonchev–Trinajstić information content (AvgIpc) is 2.54. The fraction of sp³-hybridized carbons (Fsp3) is 0.143. The van der Waals surface area contributed by atoms with Crippen LogP contribution in [0.15, 0.2) is 46.2 Å². The highest BCUT2D eigenvalue weighted by Gasteiger charge is 2.19. The summed E-state index contributed by atoms with van der Waals surface area (Å²) in [7, 11) is -5.15. The molecule has 0 amide bonds. The molecule has 8 nitrogen and oxygen atoms in total. The minimum atomic E-state index is -4.01. The topological polar surface area (TPSA) is 125 Å². The molecule has 0 saturated carbocycles. The maximum Gasteiger partial charge on any atom is 0.262 e. The molecule has 2 aromatic carbocycles. The number of hydrogen-bond acceptors (Lipinski definition) is 6. The van der Waals surface area contributed by atoms with Gasteiger partial charge in [-0.05, 0) is 30.3 Å². The Labute approximate surface area is 150 Å². The summed E-state index contributed by atoms with van der Waals surface area (Å²) in [6.07, 6.45) is 0. The second kappa shape index (κ2) is 7.08. The molecule has 0 aliphatic carbocycles. The number of nitrogens with one attached hydrogen (secondary N) is 1. The van der Waals surface area contributed by atoms with E-state index in [4.69, 9.17) is 26.2 Å². The lowest BCUT2D eigenvalue weighted by atomic mass is 10.3. The highest BCUT2D eigenvalue weighted by atomic mass is 35.5. The van der Waals surface area contributed by atoms with Crippen molar-refractivity contribution >= 4 is 37.3 Å². The molecular formula is C14H15ClN2O6S2. The standard InChI is InChI=1S/C14H15ClN2O6S2/c1-22-13-8-14(23-2)12(7-11(13)15)17-25(20,21)10-5-3-9(4-6-10)24(16,18)19/h3-8,17H,1-2H3,(H2,16,18,19). The molecule has 0 fully saturated rings. The van der Waals surface area contributed by atoms with Crippen molar-refractivity contribution in [3.8, 4) is 11.5 Å². The molecular weight excluding hydrogens is 392 g/mol. The van der Waals surface area contributed by atoms with Gasteiger partial charge >= 0.3 is 0 Å². The van der Waals surface area contributed by atoms with Gasteiger partial charge < -0.3 is 9.47 Å². The van der Waals surface area contributed by atoms with Gasteiger partial charge in [-0.3, -0.25) is 4.72 Å². The summed E-state index contributed by atoms with van der Waals surface area (Å²) < 4.78 is 59.9. The van der Waals surface area contributed by atoms with Gasteiger partial charge in [-0.15, -0.1) is 0 Å². The largest absolute Gasteiger partial charge is 0.495 e. The summed E-state index contributed by atoms with van der Waals surface area (Å²) in [4.78, 5) is -0.356. The van der Waals surface area contributed by atoms with Crippen molar-refractivity contribution in [1.82, 2.24) is 0 Å². The van der Waals surface area contributed by atoms with Gasteiger partial charge in [-0.1, -0.05) is 11.6 Å². The van der Waals surface area contributed by atoms with Gasteiger partial charge in [0.05, 0.1) is 34.7 Å². The van der Waals surface area contributed by atoms with E-state index in [-0.39, 0.29) is 26.3 Å². The molecule has 25 heavy (non-hydrogen) atoms. The summed E-state index contributed by atoms with van der Waals surface area (Å²) in [5.41, 5.74) is 0.101. The molecule has 0 radical (unpaired) electrons. The third kappa shape index (κ3) is 4.34. The van der Waals surface area contributed by atoms with E-state index in [1.807, 2.05) is 0 Å². The van der Waals surface area contributed by atoms with Crippen LogP contribution in [0.25, 0.3) is 0 Å². The van der Waals surface area contributed by atoms with E-state index in [0.29, 0.717) is 5.75 Å². The van der Waals surface area contributed by atoms with E-state index in [0.717, 1.165) is 24.3 Å². The van der Waals surface area contributed by atoms with E-state index >= 15 is 0 Å². The Balaban J connectivity index is 2.40. The lowest BCUT2D eigenvalue weighted by molar-refractivity contribution is 0.396. The number of methoxy groups -OCH3 is 2. The fourth-order valence-electron chi connectivity index (χ4n) is 1.95. The lowest BCUT2D eigenvalue weighted by Crippen LogP contribution is -2.15. The number of primary sulfonamides is 1. The first-order valence-electron chi connectivity index (χ1n) is 6.65.